The van der Waals surface area contributed by atoms with Crippen molar-refractivity contribution in [3.63, 3.8) is 0 Å². The molecule has 1 saturated heterocycles. The van der Waals surface area contributed by atoms with E-state index in [0.29, 0.717) is 17.9 Å². The van der Waals surface area contributed by atoms with E-state index in [-0.39, 0.29) is 18.9 Å². The molecule has 1 amide bonds. The summed E-state index contributed by atoms with van der Waals surface area (Å²) in [7, 11) is 3.08. The van der Waals surface area contributed by atoms with E-state index in [9.17, 15) is 9.59 Å². The molecule has 0 bridgehead atoms. The number of amides is 1. The molecular weight excluding hydrogens is 262 g/mol. The fourth-order valence-corrected chi connectivity index (χ4v) is 2.38. The summed E-state index contributed by atoms with van der Waals surface area (Å²) >= 11 is 0. The Morgan fingerprint density at radius 1 is 1.40 bits per heavy atom. The molecule has 0 saturated carbocycles. The number of aliphatic carboxylic acids is 1. The Labute approximate surface area is 116 Å². The number of hydrogen-bond donors (Lipinski definition) is 1. The first-order valence-corrected chi connectivity index (χ1v) is 6.30. The average Bonchev–Trinajstić information content (AvgIpc) is 2.80. The molecule has 1 atom stereocenters. The first kappa shape index (κ1) is 14.2. The van der Waals surface area contributed by atoms with Gasteiger partial charge in [-0.15, -0.1) is 0 Å². The van der Waals surface area contributed by atoms with E-state index in [4.69, 9.17) is 14.6 Å². The molecular formula is C14H17NO5. The molecule has 1 fully saturated rings. The molecule has 1 aromatic rings. The molecule has 6 heteroatoms. The molecule has 1 aliphatic heterocycles. The Hall–Kier alpha value is -2.24. The number of carbonyl (C=O) groups is 2. The number of methoxy groups -OCH3 is 2. The topological polar surface area (TPSA) is 76.1 Å². The number of nitrogens with zero attached hydrogens (tertiary/aromatic N) is 1. The van der Waals surface area contributed by atoms with Gasteiger partial charge < -0.3 is 19.5 Å². The van der Waals surface area contributed by atoms with Crippen molar-refractivity contribution in [2.24, 2.45) is 0 Å². The maximum atomic E-state index is 11.8. The van der Waals surface area contributed by atoms with Crippen LogP contribution in [0.15, 0.2) is 18.2 Å². The summed E-state index contributed by atoms with van der Waals surface area (Å²) in [6, 6.07) is 4.48. The van der Waals surface area contributed by atoms with Crippen molar-refractivity contribution in [1.82, 2.24) is 4.90 Å². The molecule has 2 rings (SSSR count). The van der Waals surface area contributed by atoms with Crippen LogP contribution in [0.2, 0.25) is 0 Å². The zero-order valence-electron chi connectivity index (χ0n) is 11.5. The predicted octanol–water partition coefficient (Wildman–Crippen LogP) is 1.28. The van der Waals surface area contributed by atoms with Gasteiger partial charge in [0.2, 0.25) is 5.91 Å². The highest BCUT2D eigenvalue weighted by atomic mass is 16.5. The first-order chi connectivity index (χ1) is 9.56. The SMILES string of the molecule is COc1ccc(OC)c(CN2C(=O)CCC2C(=O)O)c1. The average molecular weight is 279 g/mol. The molecule has 1 aliphatic rings. The van der Waals surface area contributed by atoms with Gasteiger partial charge in [-0.25, -0.2) is 4.79 Å². The molecule has 1 unspecified atom stereocenters. The van der Waals surface area contributed by atoms with E-state index in [1.54, 1.807) is 25.3 Å². The lowest BCUT2D eigenvalue weighted by atomic mass is 10.1. The van der Waals surface area contributed by atoms with Crippen molar-refractivity contribution in [3.8, 4) is 11.5 Å². The third-order valence-corrected chi connectivity index (χ3v) is 3.44. The maximum absolute atomic E-state index is 11.8. The smallest absolute Gasteiger partial charge is 0.326 e. The van der Waals surface area contributed by atoms with Crippen LogP contribution in [-0.2, 0) is 16.1 Å². The number of benzene rings is 1. The maximum Gasteiger partial charge on any atom is 0.326 e. The largest absolute Gasteiger partial charge is 0.497 e. The third-order valence-electron chi connectivity index (χ3n) is 3.44. The van der Waals surface area contributed by atoms with Gasteiger partial charge in [-0.3, -0.25) is 4.79 Å². The number of rotatable bonds is 5. The fourth-order valence-electron chi connectivity index (χ4n) is 2.38. The summed E-state index contributed by atoms with van der Waals surface area (Å²) in [5.41, 5.74) is 0.730. The van der Waals surface area contributed by atoms with E-state index in [2.05, 4.69) is 0 Å². The molecule has 1 aromatic carbocycles. The predicted molar refractivity (Wildman–Crippen MR) is 70.8 cm³/mol. The van der Waals surface area contributed by atoms with Gasteiger partial charge in [-0.05, 0) is 24.6 Å². The Kier molecular flexibility index (Phi) is 4.12. The van der Waals surface area contributed by atoms with Crippen LogP contribution in [0, 0.1) is 0 Å². The highest BCUT2D eigenvalue weighted by molar-refractivity contribution is 5.87. The van der Waals surface area contributed by atoms with Gasteiger partial charge in [0.1, 0.15) is 17.5 Å². The standard InChI is InChI=1S/C14H17NO5/c1-19-10-3-5-12(20-2)9(7-10)8-15-11(14(17)18)4-6-13(15)16/h3,5,7,11H,4,6,8H2,1-2H3,(H,17,18). The lowest BCUT2D eigenvalue weighted by Crippen LogP contribution is -2.38. The molecule has 6 nitrogen and oxygen atoms in total. The van der Waals surface area contributed by atoms with Crippen LogP contribution in [-0.4, -0.2) is 42.1 Å². The van der Waals surface area contributed by atoms with Crippen LogP contribution >= 0.6 is 0 Å². The van der Waals surface area contributed by atoms with E-state index >= 15 is 0 Å². The van der Waals surface area contributed by atoms with Gasteiger partial charge in [0, 0.05) is 12.0 Å². The van der Waals surface area contributed by atoms with E-state index in [1.807, 2.05) is 0 Å². The minimum absolute atomic E-state index is 0.151. The van der Waals surface area contributed by atoms with Crippen LogP contribution in [0.3, 0.4) is 0 Å². The molecule has 0 aliphatic carbocycles. The van der Waals surface area contributed by atoms with E-state index in [0.717, 1.165) is 5.56 Å². The van der Waals surface area contributed by atoms with Gasteiger partial charge >= 0.3 is 5.97 Å². The molecule has 108 valence electrons. The van der Waals surface area contributed by atoms with Crippen LogP contribution in [0.1, 0.15) is 18.4 Å². The second-order valence-corrected chi connectivity index (χ2v) is 4.59. The number of hydrogen-bond acceptors (Lipinski definition) is 4. The molecule has 20 heavy (non-hydrogen) atoms. The van der Waals surface area contributed by atoms with Gasteiger partial charge in [0.25, 0.3) is 0 Å². The zero-order valence-corrected chi connectivity index (χ0v) is 11.5. The van der Waals surface area contributed by atoms with Crippen molar-refractivity contribution in [2.75, 3.05) is 14.2 Å². The number of likely N-dealkylation sites (tertiary alicyclic amines) is 1. The molecule has 0 aromatic heterocycles. The van der Waals surface area contributed by atoms with Crippen LogP contribution in [0.5, 0.6) is 11.5 Å². The van der Waals surface area contributed by atoms with Crippen LogP contribution in [0.4, 0.5) is 0 Å². The Bertz CT molecular complexity index is 528. The van der Waals surface area contributed by atoms with Crippen LogP contribution in [0.25, 0.3) is 0 Å². The summed E-state index contributed by atoms with van der Waals surface area (Å²) in [5.74, 6) is 0.119. The minimum atomic E-state index is -0.974. The van der Waals surface area contributed by atoms with Gasteiger partial charge in [0.05, 0.1) is 20.8 Å². The number of carboxylic acids is 1. The molecule has 1 heterocycles. The van der Waals surface area contributed by atoms with Gasteiger partial charge in [-0.1, -0.05) is 0 Å². The Balaban J connectivity index is 2.27. The monoisotopic (exact) mass is 279 g/mol. The second kappa shape index (κ2) is 5.81. The number of ether oxygens (including phenoxy) is 2. The van der Waals surface area contributed by atoms with Gasteiger partial charge in [0.15, 0.2) is 0 Å². The quantitative estimate of drug-likeness (QED) is 0.878. The van der Waals surface area contributed by atoms with Gasteiger partial charge in [-0.2, -0.15) is 0 Å². The first-order valence-electron chi connectivity index (χ1n) is 6.30. The van der Waals surface area contributed by atoms with E-state index < -0.39 is 12.0 Å². The summed E-state index contributed by atoms with van der Waals surface area (Å²) < 4.78 is 10.4. The van der Waals surface area contributed by atoms with Crippen LogP contribution < -0.4 is 9.47 Å². The number of carboxylic acid groups (broad SMARTS) is 1. The third kappa shape index (κ3) is 2.68. The summed E-state index contributed by atoms with van der Waals surface area (Å²) in [6.45, 7) is 0.205. The van der Waals surface area contributed by atoms with Crippen molar-refractivity contribution in [2.45, 2.75) is 25.4 Å². The Morgan fingerprint density at radius 3 is 2.75 bits per heavy atom. The molecule has 1 N–H and O–H groups in total. The molecule has 0 radical (unpaired) electrons. The fraction of sp³-hybridized carbons (Fsp3) is 0.429. The summed E-state index contributed by atoms with van der Waals surface area (Å²) in [4.78, 5) is 24.4. The summed E-state index contributed by atoms with van der Waals surface area (Å²) in [5, 5.41) is 9.16. The number of carbonyl (C=O) groups excluding carboxylic acids is 1. The van der Waals surface area contributed by atoms with Crippen molar-refractivity contribution >= 4 is 11.9 Å². The minimum Gasteiger partial charge on any atom is -0.497 e. The highest BCUT2D eigenvalue weighted by Crippen LogP contribution is 2.28. The van der Waals surface area contributed by atoms with E-state index in [1.165, 1.54) is 12.0 Å². The normalized spacial score (nSPS) is 18.2. The highest BCUT2D eigenvalue weighted by Gasteiger charge is 2.36. The van der Waals surface area contributed by atoms with Crippen molar-refractivity contribution < 1.29 is 24.2 Å². The van der Waals surface area contributed by atoms with Crippen molar-refractivity contribution in [1.29, 1.82) is 0 Å². The summed E-state index contributed by atoms with van der Waals surface area (Å²) in [6.07, 6.45) is 0.615. The lowest BCUT2D eigenvalue weighted by Gasteiger charge is -2.23. The zero-order chi connectivity index (χ0) is 14.7. The Morgan fingerprint density at radius 2 is 2.15 bits per heavy atom. The second-order valence-electron chi connectivity index (χ2n) is 4.59. The van der Waals surface area contributed by atoms with Crippen molar-refractivity contribution in [3.05, 3.63) is 23.8 Å². The molecule has 0 spiro atoms. The lowest BCUT2D eigenvalue weighted by molar-refractivity contribution is -0.146.